The van der Waals surface area contributed by atoms with Gasteiger partial charge in [0.25, 0.3) is 0 Å². The molecule has 4 nitrogen and oxygen atoms in total. The van der Waals surface area contributed by atoms with E-state index in [2.05, 4.69) is 22.4 Å². The number of aromatic nitrogens is 2. The van der Waals surface area contributed by atoms with Gasteiger partial charge in [-0.3, -0.25) is 0 Å². The van der Waals surface area contributed by atoms with Crippen molar-refractivity contribution in [1.29, 1.82) is 0 Å². The van der Waals surface area contributed by atoms with E-state index in [4.69, 9.17) is 4.52 Å². The van der Waals surface area contributed by atoms with Gasteiger partial charge in [-0.1, -0.05) is 5.16 Å². The highest BCUT2D eigenvalue weighted by Gasteiger charge is 2.34. The van der Waals surface area contributed by atoms with E-state index in [9.17, 15) is 4.39 Å². The standard InChI is InChI=1S/C15H18FN3O/c1-10-8-11(16)4-5-12(10)13-18-14(20-19-13)15(2)6-3-7-17-9-15/h4-5,8,17H,3,6-7,9H2,1-2H3. The second-order valence-electron chi connectivity index (χ2n) is 5.72. The van der Waals surface area contributed by atoms with Crippen molar-refractivity contribution in [1.82, 2.24) is 15.5 Å². The van der Waals surface area contributed by atoms with Crippen molar-refractivity contribution in [2.24, 2.45) is 0 Å². The summed E-state index contributed by atoms with van der Waals surface area (Å²) in [6.07, 6.45) is 2.13. The molecule has 0 aliphatic carbocycles. The summed E-state index contributed by atoms with van der Waals surface area (Å²) >= 11 is 0. The van der Waals surface area contributed by atoms with Gasteiger partial charge >= 0.3 is 0 Å². The summed E-state index contributed by atoms with van der Waals surface area (Å²) in [5.41, 5.74) is 1.51. The van der Waals surface area contributed by atoms with Crippen LogP contribution >= 0.6 is 0 Å². The Morgan fingerprint density at radius 1 is 1.40 bits per heavy atom. The second kappa shape index (κ2) is 4.98. The van der Waals surface area contributed by atoms with Gasteiger partial charge in [0.05, 0.1) is 5.41 Å². The summed E-state index contributed by atoms with van der Waals surface area (Å²) in [6, 6.07) is 4.60. The van der Waals surface area contributed by atoms with Crippen molar-refractivity contribution < 1.29 is 8.91 Å². The second-order valence-corrected chi connectivity index (χ2v) is 5.72. The minimum atomic E-state index is -0.251. The Kier molecular flexibility index (Phi) is 3.30. The SMILES string of the molecule is Cc1cc(F)ccc1-c1noc(C2(C)CCCNC2)n1. The molecule has 5 heteroatoms. The van der Waals surface area contributed by atoms with Crippen molar-refractivity contribution in [2.75, 3.05) is 13.1 Å². The Bertz CT molecular complexity index is 617. The molecule has 0 spiro atoms. The van der Waals surface area contributed by atoms with Crippen LogP contribution in [0, 0.1) is 12.7 Å². The third-order valence-electron chi connectivity index (χ3n) is 3.97. The molecule has 1 saturated heterocycles. The molecule has 0 saturated carbocycles. The van der Waals surface area contributed by atoms with Crippen LogP contribution < -0.4 is 5.32 Å². The van der Waals surface area contributed by atoms with Gasteiger partial charge in [-0.15, -0.1) is 0 Å². The van der Waals surface area contributed by atoms with Gasteiger partial charge < -0.3 is 9.84 Å². The predicted octanol–water partition coefficient (Wildman–Crippen LogP) is 2.83. The number of piperidine rings is 1. The number of nitrogens with zero attached hydrogens (tertiary/aromatic N) is 2. The smallest absolute Gasteiger partial charge is 0.234 e. The first-order valence-electron chi connectivity index (χ1n) is 6.90. The van der Waals surface area contributed by atoms with Crippen molar-refractivity contribution in [3.8, 4) is 11.4 Å². The lowest BCUT2D eigenvalue weighted by Gasteiger charge is -2.30. The molecule has 2 heterocycles. The molecule has 1 aliphatic rings. The number of hydrogen-bond donors (Lipinski definition) is 1. The zero-order valence-corrected chi connectivity index (χ0v) is 11.7. The molecule has 1 unspecified atom stereocenters. The number of benzene rings is 1. The first-order chi connectivity index (χ1) is 9.58. The fourth-order valence-electron chi connectivity index (χ4n) is 2.69. The summed E-state index contributed by atoms with van der Waals surface area (Å²) in [5.74, 6) is 0.936. The maximum Gasteiger partial charge on any atom is 0.234 e. The molecule has 0 bridgehead atoms. The highest BCUT2D eigenvalue weighted by Crippen LogP contribution is 2.31. The molecule has 0 radical (unpaired) electrons. The van der Waals surface area contributed by atoms with Gasteiger partial charge in [-0.05, 0) is 57.0 Å². The Balaban J connectivity index is 1.93. The van der Waals surface area contributed by atoms with E-state index in [0.717, 1.165) is 37.1 Å². The molecule has 1 N–H and O–H groups in total. The molecule has 20 heavy (non-hydrogen) atoms. The van der Waals surface area contributed by atoms with E-state index in [1.54, 1.807) is 6.07 Å². The van der Waals surface area contributed by atoms with Crippen LogP contribution in [0.2, 0.25) is 0 Å². The molecule has 1 atom stereocenters. The summed E-state index contributed by atoms with van der Waals surface area (Å²) < 4.78 is 18.6. The van der Waals surface area contributed by atoms with Crippen LogP contribution in [0.15, 0.2) is 22.7 Å². The Labute approximate surface area is 117 Å². The maximum atomic E-state index is 13.1. The molecular weight excluding hydrogens is 257 g/mol. The number of aryl methyl sites for hydroxylation is 1. The zero-order valence-electron chi connectivity index (χ0n) is 11.7. The number of nitrogens with one attached hydrogen (secondary N) is 1. The minimum absolute atomic E-state index is 0.114. The van der Waals surface area contributed by atoms with Crippen LogP contribution in [-0.4, -0.2) is 23.2 Å². The molecule has 1 aromatic carbocycles. The summed E-state index contributed by atoms with van der Waals surface area (Å²) in [4.78, 5) is 4.53. The average molecular weight is 275 g/mol. The Hall–Kier alpha value is -1.75. The Morgan fingerprint density at radius 3 is 2.95 bits per heavy atom. The van der Waals surface area contributed by atoms with Gasteiger partial charge in [-0.25, -0.2) is 4.39 Å². The van der Waals surface area contributed by atoms with Crippen LogP contribution in [-0.2, 0) is 5.41 Å². The highest BCUT2D eigenvalue weighted by atomic mass is 19.1. The van der Waals surface area contributed by atoms with E-state index in [0.29, 0.717) is 11.7 Å². The van der Waals surface area contributed by atoms with Crippen LogP contribution in [0.4, 0.5) is 4.39 Å². The van der Waals surface area contributed by atoms with Crippen LogP contribution in [0.1, 0.15) is 31.2 Å². The van der Waals surface area contributed by atoms with Crippen LogP contribution in [0.3, 0.4) is 0 Å². The van der Waals surface area contributed by atoms with E-state index in [1.807, 2.05) is 6.92 Å². The van der Waals surface area contributed by atoms with Crippen molar-refractivity contribution in [3.05, 3.63) is 35.5 Å². The third kappa shape index (κ3) is 2.33. The monoisotopic (exact) mass is 275 g/mol. The molecule has 3 rings (SSSR count). The largest absolute Gasteiger partial charge is 0.338 e. The van der Waals surface area contributed by atoms with E-state index >= 15 is 0 Å². The molecule has 2 aromatic rings. The van der Waals surface area contributed by atoms with Gasteiger partial charge in [0.1, 0.15) is 5.82 Å². The predicted molar refractivity (Wildman–Crippen MR) is 73.9 cm³/mol. The highest BCUT2D eigenvalue weighted by molar-refractivity contribution is 5.59. The lowest BCUT2D eigenvalue weighted by atomic mass is 9.83. The normalized spacial score (nSPS) is 22.9. The first kappa shape index (κ1) is 13.2. The van der Waals surface area contributed by atoms with E-state index in [-0.39, 0.29) is 11.2 Å². The molecule has 1 aliphatic heterocycles. The van der Waals surface area contributed by atoms with Crippen LogP contribution in [0.5, 0.6) is 0 Å². The fourth-order valence-corrected chi connectivity index (χ4v) is 2.69. The van der Waals surface area contributed by atoms with Gasteiger partial charge in [0.2, 0.25) is 11.7 Å². The van der Waals surface area contributed by atoms with E-state index in [1.165, 1.54) is 12.1 Å². The summed E-state index contributed by atoms with van der Waals surface area (Å²) in [5, 5.41) is 7.43. The Morgan fingerprint density at radius 2 is 2.25 bits per heavy atom. The van der Waals surface area contributed by atoms with Crippen molar-refractivity contribution in [3.63, 3.8) is 0 Å². The number of halogens is 1. The third-order valence-corrected chi connectivity index (χ3v) is 3.97. The lowest BCUT2D eigenvalue weighted by Crippen LogP contribution is -2.41. The maximum absolute atomic E-state index is 13.1. The van der Waals surface area contributed by atoms with Gasteiger partial charge in [0, 0.05) is 12.1 Å². The number of rotatable bonds is 2. The fraction of sp³-hybridized carbons (Fsp3) is 0.467. The summed E-state index contributed by atoms with van der Waals surface area (Å²) in [6.45, 7) is 5.86. The molecular formula is C15H18FN3O. The summed E-state index contributed by atoms with van der Waals surface area (Å²) in [7, 11) is 0. The van der Waals surface area contributed by atoms with Crippen molar-refractivity contribution in [2.45, 2.75) is 32.1 Å². The molecule has 106 valence electrons. The molecule has 0 amide bonds. The minimum Gasteiger partial charge on any atom is -0.338 e. The quantitative estimate of drug-likeness (QED) is 0.915. The lowest BCUT2D eigenvalue weighted by molar-refractivity contribution is 0.245. The van der Waals surface area contributed by atoms with Crippen LogP contribution in [0.25, 0.3) is 11.4 Å². The molecule has 1 fully saturated rings. The average Bonchev–Trinajstić information content (AvgIpc) is 2.90. The topological polar surface area (TPSA) is 51.0 Å². The van der Waals surface area contributed by atoms with Crippen molar-refractivity contribution >= 4 is 0 Å². The molecule has 1 aromatic heterocycles. The van der Waals surface area contributed by atoms with Gasteiger partial charge in [-0.2, -0.15) is 4.98 Å². The zero-order chi connectivity index (χ0) is 14.2. The van der Waals surface area contributed by atoms with Gasteiger partial charge in [0.15, 0.2) is 0 Å². The number of hydrogen-bond acceptors (Lipinski definition) is 4. The first-order valence-corrected chi connectivity index (χ1v) is 6.90. The van der Waals surface area contributed by atoms with E-state index < -0.39 is 0 Å².